The van der Waals surface area contributed by atoms with Crippen molar-refractivity contribution in [1.29, 1.82) is 0 Å². The Morgan fingerprint density at radius 2 is 1.90 bits per heavy atom. The van der Waals surface area contributed by atoms with Crippen LogP contribution in [-0.4, -0.2) is 30.4 Å². The Morgan fingerprint density at radius 1 is 1.13 bits per heavy atom. The third kappa shape index (κ3) is 3.10. The average Bonchev–Trinajstić information content (AvgIpc) is 3.33. The molecule has 1 aromatic heterocycles. The van der Waals surface area contributed by atoms with Crippen molar-refractivity contribution in [3.8, 4) is 17.1 Å². The molecule has 0 saturated carbocycles. The number of guanidine groups is 1. The number of ether oxygens (including phenoxy) is 1. The van der Waals surface area contributed by atoms with E-state index < -0.39 is 12.2 Å². The second-order valence-corrected chi connectivity index (χ2v) is 7.04. The highest BCUT2D eigenvalue weighted by Gasteiger charge is 2.54. The monoisotopic (exact) mass is 412 g/mol. The number of likely N-dealkylation sites (N-methyl/N-ethyl adjacent to an activating group) is 1. The number of nitrogens with zero attached hydrogens (tertiary/aromatic N) is 1. The van der Waals surface area contributed by atoms with E-state index in [4.69, 9.17) is 10.2 Å². The van der Waals surface area contributed by atoms with Crippen molar-refractivity contribution < 1.29 is 27.7 Å². The summed E-state index contributed by atoms with van der Waals surface area (Å²) in [6.07, 6.45) is 1.57. The van der Waals surface area contributed by atoms with Gasteiger partial charge in [-0.15, -0.1) is 0 Å². The predicted molar refractivity (Wildman–Crippen MR) is 106 cm³/mol. The zero-order valence-electron chi connectivity index (χ0n) is 16.4. The Morgan fingerprint density at radius 3 is 2.50 bits per heavy atom. The second kappa shape index (κ2) is 7.29. The highest BCUT2D eigenvalue weighted by Crippen LogP contribution is 2.34. The first-order chi connectivity index (χ1) is 14.3. The van der Waals surface area contributed by atoms with Gasteiger partial charge in [0.25, 0.3) is 0 Å². The van der Waals surface area contributed by atoms with Gasteiger partial charge >= 0.3 is 18.5 Å². The third-order valence-corrected chi connectivity index (χ3v) is 5.23. The van der Waals surface area contributed by atoms with Crippen LogP contribution in [0.15, 0.2) is 65.3 Å². The first kappa shape index (κ1) is 19.6. The van der Waals surface area contributed by atoms with Crippen molar-refractivity contribution in [3.63, 3.8) is 0 Å². The lowest BCUT2D eigenvalue weighted by Crippen LogP contribution is -2.85. The van der Waals surface area contributed by atoms with Gasteiger partial charge in [0, 0.05) is 16.7 Å². The molecule has 0 radical (unpaired) electrons. The van der Waals surface area contributed by atoms with Gasteiger partial charge in [0.15, 0.2) is 0 Å². The molecule has 0 saturated heterocycles. The Labute approximate surface area is 171 Å². The van der Waals surface area contributed by atoms with Crippen LogP contribution in [-0.2, 0) is 10.3 Å². The lowest BCUT2D eigenvalue weighted by molar-refractivity contribution is -0.525. The molecule has 4 rings (SSSR count). The molecule has 0 spiro atoms. The summed E-state index contributed by atoms with van der Waals surface area (Å²) in [4.78, 5) is 17.8. The maximum absolute atomic E-state index is 13.4. The van der Waals surface area contributed by atoms with E-state index in [1.54, 1.807) is 38.4 Å². The lowest BCUT2D eigenvalue weighted by Gasteiger charge is -2.24. The van der Waals surface area contributed by atoms with Crippen LogP contribution in [0.3, 0.4) is 0 Å². The van der Waals surface area contributed by atoms with Crippen molar-refractivity contribution in [1.82, 2.24) is 4.90 Å². The van der Waals surface area contributed by atoms with E-state index in [0.717, 1.165) is 5.56 Å². The zero-order valence-corrected chi connectivity index (χ0v) is 16.4. The molecule has 2 heterocycles. The molecule has 1 atom stereocenters. The normalized spacial score (nSPS) is 18.8. The van der Waals surface area contributed by atoms with Crippen LogP contribution in [0, 0.1) is 6.92 Å². The Hall–Kier alpha value is -3.68. The summed E-state index contributed by atoms with van der Waals surface area (Å²) in [5.41, 5.74) is 7.17. The molecule has 154 valence electrons. The highest BCUT2D eigenvalue weighted by molar-refractivity contribution is 6.03. The van der Waals surface area contributed by atoms with Gasteiger partial charge < -0.3 is 9.15 Å². The molecule has 3 N–H and O–H groups in total. The second-order valence-electron chi connectivity index (χ2n) is 7.04. The minimum absolute atomic E-state index is 0.0454. The number of halogens is 2. The van der Waals surface area contributed by atoms with E-state index in [2.05, 4.69) is 9.73 Å². The number of nitrogens with two attached hydrogens (primary N) is 1. The topological polar surface area (TPSA) is 82.7 Å². The molecule has 0 aliphatic carbocycles. The molecule has 1 aliphatic rings. The molecule has 0 fully saturated rings. The van der Waals surface area contributed by atoms with Crippen molar-refractivity contribution in [2.45, 2.75) is 19.1 Å². The SMILES string of the molecule is Cc1cc(C2(c3cccc(-c4ccco4)c3)[NH+]=C(N)N(C)C2=O)ccc1OC(F)F. The van der Waals surface area contributed by atoms with Crippen molar-refractivity contribution in [2.75, 3.05) is 7.05 Å². The summed E-state index contributed by atoms with van der Waals surface area (Å²) in [7, 11) is 1.57. The summed E-state index contributed by atoms with van der Waals surface area (Å²) in [5, 5.41) is 0. The first-order valence-corrected chi connectivity index (χ1v) is 9.22. The summed E-state index contributed by atoms with van der Waals surface area (Å²) < 4.78 is 35.4. The van der Waals surface area contributed by atoms with Crippen LogP contribution >= 0.6 is 0 Å². The van der Waals surface area contributed by atoms with Crippen LogP contribution in [0.2, 0.25) is 0 Å². The van der Waals surface area contributed by atoms with Gasteiger partial charge in [-0.25, -0.2) is 4.90 Å². The van der Waals surface area contributed by atoms with E-state index >= 15 is 0 Å². The van der Waals surface area contributed by atoms with Gasteiger partial charge in [-0.1, -0.05) is 24.3 Å². The number of amides is 1. The molecule has 30 heavy (non-hydrogen) atoms. The molecule has 1 unspecified atom stereocenters. The molecule has 1 aliphatic heterocycles. The fourth-order valence-electron chi connectivity index (χ4n) is 3.71. The number of hydrogen-bond donors (Lipinski definition) is 2. The van der Waals surface area contributed by atoms with Gasteiger partial charge in [-0.3, -0.25) is 15.5 Å². The molecule has 3 aromatic rings. The van der Waals surface area contributed by atoms with Gasteiger partial charge in [-0.05, 0) is 42.8 Å². The number of hydrogen-bond acceptors (Lipinski definition) is 4. The molecule has 8 heteroatoms. The molecular formula is C22H20F2N3O3+. The first-order valence-electron chi connectivity index (χ1n) is 9.22. The van der Waals surface area contributed by atoms with Crippen molar-refractivity contribution >= 4 is 11.9 Å². The minimum Gasteiger partial charge on any atom is -0.464 e. The molecule has 1 amide bonds. The minimum atomic E-state index is -2.94. The van der Waals surface area contributed by atoms with E-state index in [1.807, 2.05) is 30.3 Å². The maximum Gasteiger partial charge on any atom is 0.387 e. The van der Waals surface area contributed by atoms with Gasteiger partial charge in [0.1, 0.15) is 11.5 Å². The number of nitrogens with one attached hydrogen (secondary N) is 1. The van der Waals surface area contributed by atoms with Crippen LogP contribution in [0.5, 0.6) is 5.75 Å². The molecule has 6 nitrogen and oxygen atoms in total. The summed E-state index contributed by atoms with van der Waals surface area (Å²) in [6.45, 7) is -1.29. The standard InChI is InChI=1S/C22H19F2N3O3/c1-13-11-16(8-9-17(13)30-20(23)24)22(19(28)27(2)21(25)26-22)15-6-3-5-14(12-15)18-7-4-10-29-18/h3-12,20H,1-2H3,(H2,25,26)/p+1. The summed E-state index contributed by atoms with van der Waals surface area (Å²) in [6, 6.07) is 15.6. The van der Waals surface area contributed by atoms with E-state index in [0.29, 0.717) is 22.5 Å². The van der Waals surface area contributed by atoms with Gasteiger partial charge in [-0.2, -0.15) is 8.78 Å². The summed E-state index contributed by atoms with van der Waals surface area (Å²) in [5.74, 6) is 0.594. The average molecular weight is 412 g/mol. The fourth-order valence-corrected chi connectivity index (χ4v) is 3.71. The largest absolute Gasteiger partial charge is 0.464 e. The number of alkyl halides is 2. The predicted octanol–water partition coefficient (Wildman–Crippen LogP) is 1.97. The molecular weight excluding hydrogens is 392 g/mol. The van der Waals surface area contributed by atoms with Gasteiger partial charge in [0.05, 0.1) is 13.3 Å². The maximum atomic E-state index is 13.4. The number of benzene rings is 2. The Bertz CT molecular complexity index is 1130. The quantitative estimate of drug-likeness (QED) is 0.671. The summed E-state index contributed by atoms with van der Waals surface area (Å²) >= 11 is 0. The number of carbonyl (C=O) groups excluding carboxylic acids is 1. The Balaban J connectivity index is 1.90. The molecule has 2 aromatic carbocycles. The van der Waals surface area contributed by atoms with Crippen molar-refractivity contribution in [3.05, 3.63) is 77.6 Å². The number of furan rings is 1. The van der Waals surface area contributed by atoms with E-state index in [1.165, 1.54) is 11.0 Å². The zero-order chi connectivity index (χ0) is 21.5. The third-order valence-electron chi connectivity index (χ3n) is 5.23. The van der Waals surface area contributed by atoms with E-state index in [9.17, 15) is 13.6 Å². The van der Waals surface area contributed by atoms with E-state index in [-0.39, 0.29) is 17.6 Å². The fraction of sp³-hybridized carbons (Fsp3) is 0.182. The molecule has 0 bridgehead atoms. The number of carbonyl (C=O) groups is 1. The van der Waals surface area contributed by atoms with Crippen LogP contribution in [0.25, 0.3) is 11.3 Å². The number of aryl methyl sites for hydroxylation is 1. The van der Waals surface area contributed by atoms with Crippen LogP contribution in [0.4, 0.5) is 8.78 Å². The number of rotatable bonds is 5. The van der Waals surface area contributed by atoms with Gasteiger partial charge in [0.2, 0.25) is 5.54 Å². The van der Waals surface area contributed by atoms with Crippen LogP contribution < -0.4 is 15.5 Å². The van der Waals surface area contributed by atoms with Crippen LogP contribution in [0.1, 0.15) is 16.7 Å². The highest BCUT2D eigenvalue weighted by atomic mass is 19.3. The Kier molecular flexibility index (Phi) is 4.77. The van der Waals surface area contributed by atoms with Crippen molar-refractivity contribution in [2.24, 2.45) is 5.73 Å². The lowest BCUT2D eigenvalue weighted by atomic mass is 9.81. The smallest absolute Gasteiger partial charge is 0.387 e.